The van der Waals surface area contributed by atoms with Crippen molar-refractivity contribution >= 4 is 30.7 Å². The van der Waals surface area contributed by atoms with Gasteiger partial charge in [0, 0.05) is 6.54 Å². The van der Waals surface area contributed by atoms with Gasteiger partial charge in [-0.3, -0.25) is 18.9 Å². The second kappa shape index (κ2) is 12.7. The largest absolute Gasteiger partial charge is 0.449 e. The Hall–Kier alpha value is -2.49. The van der Waals surface area contributed by atoms with Gasteiger partial charge in [0.2, 0.25) is 0 Å². The zero-order valence-electron chi connectivity index (χ0n) is 19.1. The van der Waals surface area contributed by atoms with Gasteiger partial charge in [-0.05, 0) is 12.3 Å². The highest BCUT2D eigenvalue weighted by Gasteiger charge is 2.38. The van der Waals surface area contributed by atoms with E-state index in [2.05, 4.69) is 29.3 Å². The summed E-state index contributed by atoms with van der Waals surface area (Å²) >= 11 is 0. The molecule has 2 rings (SSSR count). The molecule has 0 unspecified atom stereocenters. The van der Waals surface area contributed by atoms with E-state index in [1.807, 2.05) is 13.8 Å². The quantitative estimate of drug-likeness (QED) is 0.213. The number of hydrogen-bond acceptors (Lipinski definition) is 9. The second-order valence-electron chi connectivity index (χ2n) is 7.70. The van der Waals surface area contributed by atoms with Gasteiger partial charge in [0.25, 0.3) is 0 Å². The Bertz CT molecular complexity index is 1030. The fourth-order valence-electron chi connectivity index (χ4n) is 2.45. The van der Waals surface area contributed by atoms with Gasteiger partial charge in [0.05, 0.1) is 19.5 Å². The molecule has 0 aliphatic rings. The van der Waals surface area contributed by atoms with Crippen molar-refractivity contribution in [2.75, 3.05) is 38.1 Å². The van der Waals surface area contributed by atoms with Crippen LogP contribution in [0.1, 0.15) is 20.3 Å². The predicted octanol–water partition coefficient (Wildman–Crippen LogP) is 4.75. The molecule has 0 saturated heterocycles. The molecule has 0 aliphatic heterocycles. The summed E-state index contributed by atoms with van der Waals surface area (Å²) in [6, 6.07) is 0. The number of hydrogen-bond donors (Lipinski definition) is 1. The summed E-state index contributed by atoms with van der Waals surface area (Å²) in [6.45, 7) is -0.402. The normalized spacial score (nSPS) is 12.9. The molecule has 0 spiro atoms. The first-order chi connectivity index (χ1) is 16.7. The molecule has 204 valence electrons. The van der Waals surface area contributed by atoms with Crippen molar-refractivity contribution in [2.45, 2.75) is 39.2 Å². The van der Waals surface area contributed by atoms with Crippen molar-refractivity contribution in [3.8, 4) is 0 Å². The first-order valence-electron chi connectivity index (χ1n) is 10.4. The average Bonchev–Trinajstić information content (AvgIpc) is 3.17. The van der Waals surface area contributed by atoms with Gasteiger partial charge < -0.3 is 14.0 Å². The highest BCUT2D eigenvalue weighted by atomic mass is 31.2. The number of anilines is 1. The van der Waals surface area contributed by atoms with E-state index in [0.717, 1.165) is 6.33 Å². The number of halogens is 6. The molecule has 0 saturated carbocycles. The third-order valence-electron chi connectivity index (χ3n) is 4.13. The van der Waals surface area contributed by atoms with Crippen molar-refractivity contribution in [3.63, 3.8) is 0 Å². The Morgan fingerprint density at radius 1 is 1.06 bits per heavy atom. The maximum Gasteiger partial charge on any atom is 0.412 e. The molecular formula is C18H24F6N5O6P. The van der Waals surface area contributed by atoms with Gasteiger partial charge in [-0.2, -0.15) is 26.3 Å². The van der Waals surface area contributed by atoms with Crippen LogP contribution < -0.4 is 5.32 Å². The van der Waals surface area contributed by atoms with E-state index >= 15 is 0 Å². The molecular weight excluding hydrogens is 527 g/mol. The highest BCUT2D eigenvalue weighted by molar-refractivity contribution is 7.53. The average molecular weight is 551 g/mol. The molecule has 2 aromatic rings. The molecule has 0 radical (unpaired) electrons. The van der Waals surface area contributed by atoms with Gasteiger partial charge in [0.1, 0.15) is 12.7 Å². The number of aromatic nitrogens is 4. The SMILES string of the molecule is CC(C)CCOC(=O)Nc1ncnc2c1ncn2CCOCP(=O)(OCC(F)(F)F)OCC(F)(F)F. The minimum absolute atomic E-state index is 0.0513. The summed E-state index contributed by atoms with van der Waals surface area (Å²) in [5.41, 5.74) is 0.418. The van der Waals surface area contributed by atoms with E-state index in [4.69, 9.17) is 9.47 Å². The molecule has 36 heavy (non-hydrogen) atoms. The fraction of sp³-hybridized carbons (Fsp3) is 0.667. The van der Waals surface area contributed by atoms with Crippen molar-refractivity contribution < 1.29 is 54.2 Å². The lowest BCUT2D eigenvalue weighted by atomic mass is 10.1. The van der Waals surface area contributed by atoms with Crippen molar-refractivity contribution in [3.05, 3.63) is 12.7 Å². The molecule has 11 nitrogen and oxygen atoms in total. The zero-order valence-corrected chi connectivity index (χ0v) is 20.0. The van der Waals surface area contributed by atoms with Gasteiger partial charge in [-0.25, -0.2) is 19.7 Å². The Morgan fingerprint density at radius 3 is 2.28 bits per heavy atom. The molecule has 0 aromatic carbocycles. The van der Waals surface area contributed by atoms with Crippen LogP contribution in [-0.2, 0) is 29.6 Å². The molecule has 18 heteroatoms. The monoisotopic (exact) mass is 551 g/mol. The van der Waals surface area contributed by atoms with Crippen LogP contribution in [0.2, 0.25) is 0 Å². The maximum absolute atomic E-state index is 12.4. The Morgan fingerprint density at radius 2 is 1.69 bits per heavy atom. The predicted molar refractivity (Wildman–Crippen MR) is 112 cm³/mol. The second-order valence-corrected chi connectivity index (χ2v) is 9.70. The van der Waals surface area contributed by atoms with Crippen molar-refractivity contribution in [1.29, 1.82) is 0 Å². The van der Waals surface area contributed by atoms with Crippen molar-refractivity contribution in [2.24, 2.45) is 5.92 Å². The number of imidazole rings is 1. The first-order valence-corrected chi connectivity index (χ1v) is 12.1. The number of rotatable bonds is 13. The summed E-state index contributed by atoms with van der Waals surface area (Å²) in [5.74, 6) is 0.391. The van der Waals surface area contributed by atoms with E-state index in [-0.39, 0.29) is 36.7 Å². The summed E-state index contributed by atoms with van der Waals surface area (Å²) in [7, 11) is -4.88. The molecule has 2 heterocycles. The molecule has 1 N–H and O–H groups in total. The Kier molecular flexibility index (Phi) is 10.5. The van der Waals surface area contributed by atoms with Crippen molar-refractivity contribution in [1.82, 2.24) is 19.5 Å². The number of carbonyl (C=O) groups is 1. The van der Waals surface area contributed by atoms with E-state index in [1.54, 1.807) is 0 Å². The molecule has 0 fully saturated rings. The van der Waals surface area contributed by atoms with Crippen LogP contribution in [0.5, 0.6) is 0 Å². The lowest BCUT2D eigenvalue weighted by Crippen LogP contribution is -2.21. The van der Waals surface area contributed by atoms with Gasteiger partial charge in [-0.1, -0.05) is 13.8 Å². The maximum atomic E-state index is 12.4. The van der Waals surface area contributed by atoms with Crippen LogP contribution in [0.3, 0.4) is 0 Å². The van der Waals surface area contributed by atoms with Gasteiger partial charge in [0.15, 0.2) is 30.2 Å². The number of nitrogens with one attached hydrogen (secondary N) is 1. The van der Waals surface area contributed by atoms with Crippen LogP contribution in [0.15, 0.2) is 12.7 Å². The van der Waals surface area contributed by atoms with E-state index in [9.17, 15) is 35.7 Å². The lowest BCUT2D eigenvalue weighted by molar-refractivity contribution is -0.166. The minimum atomic E-state index is -4.95. The third kappa shape index (κ3) is 10.6. The number of nitrogens with zero attached hydrogens (tertiary/aromatic N) is 4. The summed E-state index contributed by atoms with van der Waals surface area (Å²) in [5, 5.41) is 2.44. The minimum Gasteiger partial charge on any atom is -0.449 e. The summed E-state index contributed by atoms with van der Waals surface area (Å²) < 4.78 is 106. The van der Waals surface area contributed by atoms with Crippen LogP contribution in [0.4, 0.5) is 37.0 Å². The number of fused-ring (bicyclic) bond motifs is 1. The molecule has 0 aliphatic carbocycles. The topological polar surface area (TPSA) is 127 Å². The lowest BCUT2D eigenvalue weighted by Gasteiger charge is -2.20. The van der Waals surface area contributed by atoms with E-state index < -0.39 is 45.6 Å². The number of carbonyl (C=O) groups excluding carboxylic acids is 1. The summed E-state index contributed by atoms with van der Waals surface area (Å²) in [6.07, 6.45) is -8.71. The molecule has 0 bridgehead atoms. The number of alkyl halides is 6. The number of amides is 1. The van der Waals surface area contributed by atoms with Crippen LogP contribution in [-0.4, -0.2) is 70.7 Å². The molecule has 2 aromatic heterocycles. The first kappa shape index (κ1) is 29.7. The standard InChI is InChI=1S/C18H24F6N5O6P/c1-12(2)3-5-33-16(30)28-14-13-15(26-9-25-14)29(10-27-13)4-6-32-11-36(31,34-7-17(19,20)21)35-8-18(22,23)24/h9-10,12H,3-8,11H2,1-2H3,(H,25,26,28,30). The van der Waals surface area contributed by atoms with E-state index in [0.29, 0.717) is 12.3 Å². The third-order valence-corrected chi connectivity index (χ3v) is 5.67. The number of ether oxygens (including phenoxy) is 2. The van der Waals surface area contributed by atoms with E-state index in [1.165, 1.54) is 10.9 Å². The van der Waals surface area contributed by atoms with Crippen LogP contribution in [0, 0.1) is 5.92 Å². The molecule has 0 atom stereocenters. The highest BCUT2D eigenvalue weighted by Crippen LogP contribution is 2.50. The smallest absolute Gasteiger partial charge is 0.412 e. The van der Waals surface area contributed by atoms with Gasteiger partial charge >= 0.3 is 26.0 Å². The fourth-order valence-corrected chi connectivity index (χ4v) is 3.71. The van der Waals surface area contributed by atoms with Gasteiger partial charge in [-0.15, -0.1) is 0 Å². The molecule has 1 amide bonds. The van der Waals surface area contributed by atoms with Crippen LogP contribution in [0.25, 0.3) is 11.2 Å². The van der Waals surface area contributed by atoms with Crippen LogP contribution >= 0.6 is 7.60 Å². The zero-order chi connectivity index (χ0) is 27.0. The summed E-state index contributed by atoms with van der Waals surface area (Å²) in [4.78, 5) is 24.0. The Labute approximate surface area is 201 Å². The Balaban J connectivity index is 1.96.